The van der Waals surface area contributed by atoms with Gasteiger partial charge in [-0.05, 0) is 12.5 Å². The van der Waals surface area contributed by atoms with Gasteiger partial charge in [0.15, 0.2) is 0 Å². The Morgan fingerprint density at radius 3 is 2.87 bits per heavy atom. The maximum atomic E-state index is 13.5. The largest absolute Gasteiger partial charge is 0.469 e. The average Bonchev–Trinajstić information content (AvgIpc) is 2.21. The lowest BCUT2D eigenvalue weighted by Gasteiger charge is -2.11. The third kappa shape index (κ3) is 2.76. The number of benzene rings is 1. The van der Waals surface area contributed by atoms with Crippen molar-refractivity contribution in [3.63, 3.8) is 0 Å². The van der Waals surface area contributed by atoms with Crippen LogP contribution in [0.5, 0.6) is 0 Å². The van der Waals surface area contributed by atoms with Gasteiger partial charge >= 0.3 is 5.97 Å². The monoisotopic (exact) mass is 212 g/mol. The molecule has 4 heteroatoms. The van der Waals surface area contributed by atoms with Gasteiger partial charge in [-0.15, -0.1) is 0 Å². The Morgan fingerprint density at radius 1 is 1.60 bits per heavy atom. The molecule has 0 heterocycles. The number of hydrogen-bond acceptors (Lipinski definition) is 3. The van der Waals surface area contributed by atoms with Gasteiger partial charge in [-0.3, -0.25) is 4.79 Å². The molecule has 1 rings (SSSR count). The quantitative estimate of drug-likeness (QED) is 0.776. The molecule has 3 nitrogen and oxygen atoms in total. The Hall–Kier alpha value is -1.42. The van der Waals surface area contributed by atoms with Crippen molar-refractivity contribution in [1.82, 2.24) is 0 Å². The zero-order valence-corrected chi connectivity index (χ0v) is 8.66. The standard InChI is InChI=1S/C11H13FO3/c1-7-4-3-5-8(11(7)12)9(13)6-10(14)15-2/h3-5,9,13H,6H2,1-2H3. The van der Waals surface area contributed by atoms with Gasteiger partial charge in [0, 0.05) is 5.56 Å². The zero-order chi connectivity index (χ0) is 11.4. The number of aliphatic hydroxyl groups is 1. The second-order valence-electron chi connectivity index (χ2n) is 3.27. The van der Waals surface area contributed by atoms with E-state index >= 15 is 0 Å². The van der Waals surface area contributed by atoms with Gasteiger partial charge in [0.05, 0.1) is 19.6 Å². The highest BCUT2D eigenvalue weighted by atomic mass is 19.1. The van der Waals surface area contributed by atoms with Gasteiger partial charge in [-0.25, -0.2) is 4.39 Å². The number of carbonyl (C=O) groups excluding carboxylic acids is 1. The van der Waals surface area contributed by atoms with Crippen LogP contribution in [0.4, 0.5) is 4.39 Å². The molecule has 1 aromatic carbocycles. The SMILES string of the molecule is COC(=O)CC(O)c1cccc(C)c1F. The van der Waals surface area contributed by atoms with Gasteiger partial charge in [0.1, 0.15) is 5.82 Å². The lowest BCUT2D eigenvalue weighted by molar-refractivity contribution is -0.142. The number of rotatable bonds is 3. The van der Waals surface area contributed by atoms with Crippen molar-refractivity contribution in [3.8, 4) is 0 Å². The number of carbonyl (C=O) groups is 1. The summed E-state index contributed by atoms with van der Waals surface area (Å²) in [5, 5.41) is 9.59. The lowest BCUT2D eigenvalue weighted by atomic mass is 10.0. The number of aryl methyl sites for hydroxylation is 1. The zero-order valence-electron chi connectivity index (χ0n) is 8.66. The summed E-state index contributed by atoms with van der Waals surface area (Å²) < 4.78 is 17.9. The van der Waals surface area contributed by atoms with Crippen molar-refractivity contribution < 1.29 is 19.0 Å². The second-order valence-corrected chi connectivity index (χ2v) is 3.27. The first-order valence-corrected chi connectivity index (χ1v) is 4.56. The Labute approximate surface area is 87.5 Å². The smallest absolute Gasteiger partial charge is 0.308 e. The number of aliphatic hydroxyl groups excluding tert-OH is 1. The normalized spacial score (nSPS) is 12.3. The molecule has 0 aliphatic rings. The van der Waals surface area contributed by atoms with Crippen molar-refractivity contribution >= 4 is 5.97 Å². The number of halogens is 1. The van der Waals surface area contributed by atoms with E-state index in [0.717, 1.165) is 0 Å². The lowest BCUT2D eigenvalue weighted by Crippen LogP contribution is -2.09. The van der Waals surface area contributed by atoms with Gasteiger partial charge in [0.25, 0.3) is 0 Å². The second kappa shape index (κ2) is 4.89. The van der Waals surface area contributed by atoms with Gasteiger partial charge in [0.2, 0.25) is 0 Å². The van der Waals surface area contributed by atoms with Crippen LogP contribution < -0.4 is 0 Å². The van der Waals surface area contributed by atoms with E-state index in [2.05, 4.69) is 4.74 Å². The minimum Gasteiger partial charge on any atom is -0.469 e. The molecule has 0 aliphatic heterocycles. The van der Waals surface area contributed by atoms with E-state index in [1.807, 2.05) is 0 Å². The molecule has 0 fully saturated rings. The third-order valence-electron chi connectivity index (χ3n) is 2.17. The third-order valence-corrected chi connectivity index (χ3v) is 2.17. The van der Waals surface area contributed by atoms with Gasteiger partial charge in [-0.2, -0.15) is 0 Å². The molecule has 1 unspecified atom stereocenters. The summed E-state index contributed by atoms with van der Waals surface area (Å²) in [5.74, 6) is -1.04. The van der Waals surface area contributed by atoms with Crippen LogP contribution in [0.15, 0.2) is 18.2 Å². The molecule has 1 N–H and O–H groups in total. The van der Waals surface area contributed by atoms with Crippen LogP contribution in [0.25, 0.3) is 0 Å². The number of hydrogen-bond donors (Lipinski definition) is 1. The summed E-state index contributed by atoms with van der Waals surface area (Å²) in [5.41, 5.74) is 0.566. The number of methoxy groups -OCH3 is 1. The van der Waals surface area contributed by atoms with Crippen LogP contribution in [0, 0.1) is 12.7 Å². The van der Waals surface area contributed by atoms with Crippen LogP contribution in [-0.4, -0.2) is 18.2 Å². The molecular weight excluding hydrogens is 199 g/mol. The van der Waals surface area contributed by atoms with Gasteiger partial charge in [-0.1, -0.05) is 18.2 Å². The summed E-state index contributed by atoms with van der Waals surface area (Å²) in [7, 11) is 1.22. The average molecular weight is 212 g/mol. The number of esters is 1. The van der Waals surface area contributed by atoms with Crippen LogP contribution in [0.1, 0.15) is 23.7 Å². The minimum atomic E-state index is -1.16. The van der Waals surface area contributed by atoms with E-state index < -0.39 is 17.9 Å². The van der Waals surface area contributed by atoms with E-state index in [1.54, 1.807) is 19.1 Å². The molecule has 0 aliphatic carbocycles. The Morgan fingerprint density at radius 2 is 2.27 bits per heavy atom. The van der Waals surface area contributed by atoms with Crippen LogP contribution in [-0.2, 0) is 9.53 Å². The van der Waals surface area contributed by atoms with Gasteiger partial charge < -0.3 is 9.84 Å². The van der Waals surface area contributed by atoms with E-state index in [4.69, 9.17) is 0 Å². The summed E-state index contributed by atoms with van der Waals surface area (Å²) in [6.07, 6.45) is -1.39. The highest BCUT2D eigenvalue weighted by Crippen LogP contribution is 2.22. The van der Waals surface area contributed by atoms with Crippen molar-refractivity contribution in [1.29, 1.82) is 0 Å². The molecule has 0 aromatic heterocycles. The Balaban J connectivity index is 2.86. The van der Waals surface area contributed by atoms with Crippen molar-refractivity contribution in [2.45, 2.75) is 19.4 Å². The van der Waals surface area contributed by atoms with E-state index in [-0.39, 0.29) is 12.0 Å². The highest BCUT2D eigenvalue weighted by molar-refractivity contribution is 5.70. The van der Waals surface area contributed by atoms with Crippen molar-refractivity contribution in [2.24, 2.45) is 0 Å². The summed E-state index contributed by atoms with van der Waals surface area (Å²) in [4.78, 5) is 10.9. The van der Waals surface area contributed by atoms with Crippen molar-refractivity contribution in [2.75, 3.05) is 7.11 Å². The first kappa shape index (κ1) is 11.7. The molecule has 1 aromatic rings. The highest BCUT2D eigenvalue weighted by Gasteiger charge is 2.17. The summed E-state index contributed by atoms with van der Waals surface area (Å²) in [6, 6.07) is 4.69. The molecule has 0 amide bonds. The van der Waals surface area contributed by atoms with Crippen LogP contribution >= 0.6 is 0 Å². The number of ether oxygens (including phenoxy) is 1. The molecular formula is C11H13FO3. The minimum absolute atomic E-state index is 0.125. The maximum Gasteiger partial charge on any atom is 0.308 e. The van der Waals surface area contributed by atoms with Crippen LogP contribution in [0.2, 0.25) is 0 Å². The van der Waals surface area contributed by atoms with Crippen molar-refractivity contribution in [3.05, 3.63) is 35.1 Å². The fourth-order valence-electron chi connectivity index (χ4n) is 1.28. The van der Waals surface area contributed by atoms with Crippen LogP contribution in [0.3, 0.4) is 0 Å². The first-order chi connectivity index (χ1) is 7.06. The predicted octanol–water partition coefficient (Wildman–Crippen LogP) is 1.73. The van der Waals surface area contributed by atoms with E-state index in [1.165, 1.54) is 13.2 Å². The fourth-order valence-corrected chi connectivity index (χ4v) is 1.28. The molecule has 0 spiro atoms. The maximum absolute atomic E-state index is 13.5. The molecule has 0 bridgehead atoms. The Kier molecular flexibility index (Phi) is 3.80. The Bertz CT molecular complexity index is 363. The molecule has 0 saturated carbocycles. The molecule has 0 saturated heterocycles. The first-order valence-electron chi connectivity index (χ1n) is 4.56. The van der Waals surface area contributed by atoms with E-state index in [9.17, 15) is 14.3 Å². The fraction of sp³-hybridized carbons (Fsp3) is 0.364. The molecule has 15 heavy (non-hydrogen) atoms. The predicted molar refractivity (Wildman–Crippen MR) is 52.7 cm³/mol. The molecule has 0 radical (unpaired) electrons. The molecule has 82 valence electrons. The molecule has 1 atom stereocenters. The topological polar surface area (TPSA) is 46.5 Å². The van der Waals surface area contributed by atoms with E-state index in [0.29, 0.717) is 5.56 Å². The summed E-state index contributed by atoms with van der Waals surface area (Å²) >= 11 is 0. The summed E-state index contributed by atoms with van der Waals surface area (Å²) in [6.45, 7) is 1.60.